The van der Waals surface area contributed by atoms with Gasteiger partial charge in [-0.15, -0.1) is 0 Å². The number of ether oxygens (including phenoxy) is 5. The van der Waals surface area contributed by atoms with Gasteiger partial charge in [-0.1, -0.05) is 41.5 Å². The first kappa shape index (κ1) is 39.6. The molecule has 0 aliphatic rings. The maximum absolute atomic E-state index is 12.6. The van der Waals surface area contributed by atoms with Gasteiger partial charge in [-0.25, -0.2) is 28.8 Å². The third kappa shape index (κ3) is 7.97. The van der Waals surface area contributed by atoms with Crippen LogP contribution in [0.1, 0.15) is 80.1 Å². The molecule has 6 N–H and O–H groups in total. The molecule has 0 saturated carbocycles. The number of carboxylic acid groups (broad SMARTS) is 6. The van der Waals surface area contributed by atoms with Gasteiger partial charge in [-0.05, 0) is 38.5 Å². The highest BCUT2D eigenvalue weighted by molar-refractivity contribution is 6.01. The van der Waals surface area contributed by atoms with Crippen LogP contribution in [0.2, 0.25) is 0 Å². The molecule has 0 heterocycles. The van der Waals surface area contributed by atoms with Crippen LogP contribution in [0.5, 0.6) is 0 Å². The van der Waals surface area contributed by atoms with E-state index in [1.165, 1.54) is 13.8 Å². The lowest BCUT2D eigenvalue weighted by Gasteiger charge is -2.52. The smallest absolute Gasteiger partial charge is 0.377 e. The Labute approximate surface area is 247 Å². The molecule has 17 heteroatoms. The molecule has 0 rings (SSSR count). The summed E-state index contributed by atoms with van der Waals surface area (Å²) < 4.78 is 26.8. The van der Waals surface area contributed by atoms with Crippen molar-refractivity contribution in [2.24, 2.45) is 0 Å². The van der Waals surface area contributed by atoms with Crippen molar-refractivity contribution in [3.8, 4) is 0 Å². The lowest BCUT2D eigenvalue weighted by Crippen LogP contribution is -2.67. The quantitative estimate of drug-likeness (QED) is 0.0504. The Balaban J connectivity index is 6.72. The summed E-state index contributed by atoms with van der Waals surface area (Å²) in [6.45, 7) is 6.34. The molecular weight excluding hydrogens is 584 g/mol. The first-order valence-electron chi connectivity index (χ1n) is 13.6. The third-order valence-electron chi connectivity index (χ3n) is 7.62. The molecule has 43 heavy (non-hydrogen) atoms. The lowest BCUT2D eigenvalue weighted by molar-refractivity contribution is -0.340. The highest BCUT2D eigenvalue weighted by atomic mass is 16.8. The molecule has 17 nitrogen and oxygen atoms in total. The van der Waals surface area contributed by atoms with Gasteiger partial charge in [0.05, 0.1) is 18.8 Å². The highest BCUT2D eigenvalue weighted by Crippen LogP contribution is 2.45. The minimum atomic E-state index is -3.52. The number of rotatable bonds is 24. The fraction of sp³-hybridized carbons (Fsp3) is 0.769. The van der Waals surface area contributed by atoms with Crippen LogP contribution >= 0.6 is 0 Å². The molecule has 0 aromatic heterocycles. The number of aliphatic carboxylic acids is 6. The number of hydrogen-bond donors (Lipinski definition) is 6. The van der Waals surface area contributed by atoms with Crippen LogP contribution in [0.25, 0.3) is 0 Å². The summed E-state index contributed by atoms with van der Waals surface area (Å²) >= 11 is 0. The van der Waals surface area contributed by atoms with Crippen molar-refractivity contribution in [3.63, 3.8) is 0 Å². The zero-order valence-corrected chi connectivity index (χ0v) is 25.0. The second-order valence-corrected chi connectivity index (χ2v) is 9.45. The maximum Gasteiger partial charge on any atom is 0.377 e. The minimum Gasteiger partial charge on any atom is -0.480 e. The monoisotopic (exact) mass is 626 g/mol. The van der Waals surface area contributed by atoms with Crippen LogP contribution in [-0.4, -0.2) is 115 Å². The van der Waals surface area contributed by atoms with Gasteiger partial charge in [0.2, 0.25) is 0 Å². The van der Waals surface area contributed by atoms with Crippen molar-refractivity contribution >= 4 is 35.8 Å². The standard InChI is InChI=1S/C26H42O17/c1-7-22(8-2,17(29)30)42-26(20(35)36,21(37)38)43-24(11-5,12-6)23(9-3,10-4)39-13-14-40-25(18(31)32,19(33)34)41-15-16(27)28/h7-15H2,1-6H3,(H,27,28)(H,29,30)(H,31,32)(H,33,34)(H,35,36)(H,37,38). The number of carboxylic acids is 6. The Morgan fingerprint density at radius 2 is 0.860 bits per heavy atom. The van der Waals surface area contributed by atoms with Gasteiger partial charge in [0.25, 0.3) is 0 Å². The summed E-state index contributed by atoms with van der Waals surface area (Å²) in [6, 6.07) is 0. The van der Waals surface area contributed by atoms with Gasteiger partial charge in [0.1, 0.15) is 12.2 Å². The van der Waals surface area contributed by atoms with Crippen LogP contribution in [-0.2, 0) is 52.5 Å². The van der Waals surface area contributed by atoms with Gasteiger partial charge < -0.3 is 54.3 Å². The van der Waals surface area contributed by atoms with E-state index in [9.17, 15) is 54.3 Å². The van der Waals surface area contributed by atoms with E-state index in [-0.39, 0.29) is 38.5 Å². The van der Waals surface area contributed by atoms with Crippen molar-refractivity contribution in [2.75, 3.05) is 19.8 Å². The van der Waals surface area contributed by atoms with Gasteiger partial charge >= 0.3 is 47.4 Å². The first-order valence-corrected chi connectivity index (χ1v) is 13.6. The molecule has 0 amide bonds. The first-order chi connectivity index (χ1) is 19.9. The summed E-state index contributed by atoms with van der Waals surface area (Å²) in [5.74, 6) is -18.8. The zero-order valence-electron chi connectivity index (χ0n) is 25.0. The van der Waals surface area contributed by atoms with Crippen LogP contribution < -0.4 is 0 Å². The Morgan fingerprint density at radius 1 is 0.465 bits per heavy atom. The maximum atomic E-state index is 12.6. The fourth-order valence-corrected chi connectivity index (χ4v) is 4.91. The molecule has 0 bridgehead atoms. The Hall–Kier alpha value is -3.38. The SMILES string of the molecule is CCC(CC)(OC(OC(CC)(CC)C(CC)(CC)OCCOC(OCC(=O)O)(C(=O)O)C(=O)O)(C(=O)O)C(=O)O)C(=O)O. The molecule has 0 saturated heterocycles. The number of hydrogen-bond acceptors (Lipinski definition) is 11. The molecule has 0 aromatic rings. The van der Waals surface area contributed by atoms with Gasteiger partial charge in [0, 0.05) is 0 Å². The summed E-state index contributed by atoms with van der Waals surface area (Å²) in [7, 11) is 0. The van der Waals surface area contributed by atoms with Crippen LogP contribution in [0.4, 0.5) is 0 Å². The van der Waals surface area contributed by atoms with E-state index in [2.05, 4.69) is 4.74 Å². The summed E-state index contributed by atoms with van der Waals surface area (Å²) in [6.07, 6.45) is -0.739. The van der Waals surface area contributed by atoms with E-state index in [0.717, 1.165) is 0 Å². The average molecular weight is 627 g/mol. The normalized spacial score (nSPS) is 13.0. The number of carbonyl (C=O) groups is 6. The van der Waals surface area contributed by atoms with E-state index < -0.39 is 84.0 Å². The Kier molecular flexibility index (Phi) is 14.7. The van der Waals surface area contributed by atoms with Crippen molar-refractivity contribution in [1.82, 2.24) is 0 Å². The second-order valence-electron chi connectivity index (χ2n) is 9.45. The highest BCUT2D eigenvalue weighted by Gasteiger charge is 2.63. The third-order valence-corrected chi connectivity index (χ3v) is 7.62. The van der Waals surface area contributed by atoms with Crippen LogP contribution in [0.3, 0.4) is 0 Å². The predicted octanol–water partition coefficient (Wildman–Crippen LogP) is 1.65. The summed E-state index contributed by atoms with van der Waals surface area (Å²) in [5, 5.41) is 57.8. The molecular formula is C26H42O17. The lowest BCUT2D eigenvalue weighted by atomic mass is 9.74. The van der Waals surface area contributed by atoms with Crippen molar-refractivity contribution in [2.45, 2.75) is 108 Å². The largest absolute Gasteiger partial charge is 0.480 e. The molecule has 0 fully saturated rings. The fourth-order valence-electron chi connectivity index (χ4n) is 4.91. The summed E-state index contributed by atoms with van der Waals surface area (Å²) in [4.78, 5) is 71.5. The molecule has 0 aliphatic carbocycles. The van der Waals surface area contributed by atoms with Crippen LogP contribution in [0, 0.1) is 0 Å². The van der Waals surface area contributed by atoms with Gasteiger partial charge in [0.15, 0.2) is 5.60 Å². The molecule has 248 valence electrons. The van der Waals surface area contributed by atoms with Gasteiger partial charge in [-0.3, -0.25) is 0 Å². The molecule has 0 radical (unpaired) electrons. The topological polar surface area (TPSA) is 270 Å². The molecule has 0 atom stereocenters. The predicted molar refractivity (Wildman–Crippen MR) is 141 cm³/mol. The van der Waals surface area contributed by atoms with E-state index >= 15 is 0 Å². The molecule has 0 aromatic carbocycles. The Morgan fingerprint density at radius 3 is 1.16 bits per heavy atom. The van der Waals surface area contributed by atoms with E-state index in [1.54, 1.807) is 27.7 Å². The average Bonchev–Trinajstić information content (AvgIpc) is 2.95. The van der Waals surface area contributed by atoms with Crippen molar-refractivity contribution < 1.29 is 83.1 Å². The minimum absolute atomic E-state index is 0.0324. The molecule has 0 unspecified atom stereocenters. The van der Waals surface area contributed by atoms with Gasteiger partial charge in [-0.2, -0.15) is 0 Å². The second kappa shape index (κ2) is 15.9. The van der Waals surface area contributed by atoms with E-state index in [1.807, 2.05) is 0 Å². The van der Waals surface area contributed by atoms with Crippen molar-refractivity contribution in [3.05, 3.63) is 0 Å². The van der Waals surface area contributed by atoms with Crippen molar-refractivity contribution in [1.29, 1.82) is 0 Å². The zero-order chi connectivity index (χ0) is 33.9. The van der Waals surface area contributed by atoms with E-state index in [0.29, 0.717) is 0 Å². The molecule has 0 aliphatic heterocycles. The molecule has 0 spiro atoms. The van der Waals surface area contributed by atoms with E-state index in [4.69, 9.17) is 24.1 Å². The van der Waals surface area contributed by atoms with Crippen LogP contribution in [0.15, 0.2) is 0 Å². The summed E-state index contributed by atoms with van der Waals surface area (Å²) in [5.41, 5.74) is -5.61. The Bertz CT molecular complexity index is 979.